The van der Waals surface area contributed by atoms with Crippen LogP contribution in [0.25, 0.3) is 5.69 Å². The van der Waals surface area contributed by atoms with Crippen LogP contribution in [0.2, 0.25) is 0 Å². The molecule has 2 rings (SSSR count). The molecule has 0 unspecified atom stereocenters. The monoisotopic (exact) mass is 301 g/mol. The minimum absolute atomic E-state index is 0.0226. The molecule has 0 aliphatic rings. The number of aromatic nitrogens is 1. The van der Waals surface area contributed by atoms with Crippen molar-refractivity contribution in [1.82, 2.24) is 15.2 Å². The van der Waals surface area contributed by atoms with Gasteiger partial charge in [-0.1, -0.05) is 0 Å². The standard InChI is InChI=1S/C16H19N3O3/c1-22-12-15(20)17-8-9-18-16(21)13-4-6-14(7-5-13)19-10-2-3-11-19/h2-7,10-11H,8-9,12H2,1H3,(H,17,20)(H,18,21). The summed E-state index contributed by atoms with van der Waals surface area (Å²) in [5, 5.41) is 5.39. The predicted octanol–water partition coefficient (Wildman–Crippen LogP) is 0.970. The third-order valence-corrected chi connectivity index (χ3v) is 3.04. The Hall–Kier alpha value is -2.60. The second-order valence-corrected chi connectivity index (χ2v) is 4.68. The van der Waals surface area contributed by atoms with Crippen LogP contribution in [0.3, 0.4) is 0 Å². The van der Waals surface area contributed by atoms with Crippen LogP contribution >= 0.6 is 0 Å². The zero-order valence-electron chi connectivity index (χ0n) is 12.4. The van der Waals surface area contributed by atoms with Gasteiger partial charge < -0.3 is 19.9 Å². The average Bonchev–Trinajstić information content (AvgIpc) is 3.06. The molecule has 116 valence electrons. The number of ether oxygens (including phenoxy) is 1. The zero-order valence-corrected chi connectivity index (χ0v) is 12.4. The first-order valence-corrected chi connectivity index (χ1v) is 6.98. The minimum atomic E-state index is -0.201. The first-order valence-electron chi connectivity index (χ1n) is 6.98. The van der Waals surface area contributed by atoms with Crippen molar-refractivity contribution in [1.29, 1.82) is 0 Å². The van der Waals surface area contributed by atoms with Gasteiger partial charge in [0.1, 0.15) is 6.61 Å². The van der Waals surface area contributed by atoms with Crippen LogP contribution < -0.4 is 10.6 Å². The molecule has 1 aromatic heterocycles. The number of hydrogen-bond acceptors (Lipinski definition) is 3. The number of nitrogens with one attached hydrogen (secondary N) is 2. The molecule has 1 aromatic carbocycles. The normalized spacial score (nSPS) is 10.2. The van der Waals surface area contributed by atoms with E-state index in [4.69, 9.17) is 4.74 Å². The maximum absolute atomic E-state index is 12.0. The maximum Gasteiger partial charge on any atom is 0.251 e. The highest BCUT2D eigenvalue weighted by Gasteiger charge is 2.05. The molecule has 0 aliphatic carbocycles. The molecule has 0 fully saturated rings. The summed E-state index contributed by atoms with van der Waals surface area (Å²) >= 11 is 0. The fourth-order valence-electron chi connectivity index (χ4n) is 1.95. The Morgan fingerprint density at radius 3 is 2.32 bits per heavy atom. The smallest absolute Gasteiger partial charge is 0.251 e. The Morgan fingerprint density at radius 1 is 1.05 bits per heavy atom. The SMILES string of the molecule is COCC(=O)NCCNC(=O)c1ccc(-n2cccc2)cc1. The van der Waals surface area contributed by atoms with Crippen molar-refractivity contribution in [2.45, 2.75) is 0 Å². The lowest BCUT2D eigenvalue weighted by atomic mass is 10.2. The van der Waals surface area contributed by atoms with E-state index >= 15 is 0 Å². The van der Waals surface area contributed by atoms with Crippen LogP contribution in [0, 0.1) is 0 Å². The molecule has 2 amide bonds. The van der Waals surface area contributed by atoms with Crippen LogP contribution in [-0.2, 0) is 9.53 Å². The van der Waals surface area contributed by atoms with Gasteiger partial charge in [0.05, 0.1) is 0 Å². The molecule has 2 N–H and O–H groups in total. The Kier molecular flexibility index (Phi) is 5.73. The van der Waals surface area contributed by atoms with E-state index < -0.39 is 0 Å². The molecule has 0 spiro atoms. The van der Waals surface area contributed by atoms with Crippen molar-refractivity contribution in [2.24, 2.45) is 0 Å². The summed E-state index contributed by atoms with van der Waals surface area (Å²) in [6.45, 7) is 0.762. The number of benzene rings is 1. The van der Waals surface area contributed by atoms with Crippen LogP contribution in [0.15, 0.2) is 48.8 Å². The molecule has 6 nitrogen and oxygen atoms in total. The molecule has 0 saturated carbocycles. The second-order valence-electron chi connectivity index (χ2n) is 4.68. The highest BCUT2D eigenvalue weighted by atomic mass is 16.5. The fourth-order valence-corrected chi connectivity index (χ4v) is 1.95. The van der Waals surface area contributed by atoms with Gasteiger partial charge in [-0.2, -0.15) is 0 Å². The lowest BCUT2D eigenvalue weighted by Crippen LogP contribution is -2.36. The first kappa shape index (κ1) is 15.8. The van der Waals surface area contributed by atoms with Crippen molar-refractivity contribution in [3.8, 4) is 5.69 Å². The van der Waals surface area contributed by atoms with Crippen LogP contribution in [0.1, 0.15) is 10.4 Å². The third kappa shape index (κ3) is 4.46. The quantitative estimate of drug-likeness (QED) is 0.749. The van der Waals surface area contributed by atoms with E-state index in [-0.39, 0.29) is 18.4 Å². The van der Waals surface area contributed by atoms with Gasteiger partial charge in [-0.25, -0.2) is 0 Å². The number of hydrogen-bond donors (Lipinski definition) is 2. The summed E-state index contributed by atoms with van der Waals surface area (Å²) in [5.74, 6) is -0.368. The second kappa shape index (κ2) is 7.99. The maximum atomic E-state index is 12.0. The largest absolute Gasteiger partial charge is 0.375 e. The van der Waals surface area contributed by atoms with Gasteiger partial charge in [-0.05, 0) is 36.4 Å². The van der Waals surface area contributed by atoms with Gasteiger partial charge in [-0.15, -0.1) is 0 Å². The molecular formula is C16H19N3O3. The highest BCUT2D eigenvalue weighted by Crippen LogP contribution is 2.09. The van der Waals surface area contributed by atoms with E-state index in [2.05, 4.69) is 10.6 Å². The number of amides is 2. The van der Waals surface area contributed by atoms with Crippen LogP contribution in [-0.4, -0.2) is 43.2 Å². The van der Waals surface area contributed by atoms with Crippen molar-refractivity contribution in [3.63, 3.8) is 0 Å². The molecule has 0 radical (unpaired) electrons. The molecule has 1 heterocycles. The average molecular weight is 301 g/mol. The Labute approximate surface area is 129 Å². The molecule has 0 aliphatic heterocycles. The topological polar surface area (TPSA) is 72.4 Å². The molecule has 2 aromatic rings. The Balaban J connectivity index is 1.79. The van der Waals surface area contributed by atoms with Gasteiger partial charge in [0.15, 0.2) is 0 Å². The van der Waals surface area contributed by atoms with E-state index in [1.54, 1.807) is 12.1 Å². The summed E-state index contributed by atoms with van der Waals surface area (Å²) in [5.41, 5.74) is 1.58. The zero-order chi connectivity index (χ0) is 15.8. The van der Waals surface area contributed by atoms with E-state index in [9.17, 15) is 9.59 Å². The number of carbonyl (C=O) groups excluding carboxylic acids is 2. The summed E-state index contributed by atoms with van der Waals surface area (Å²) in [4.78, 5) is 23.1. The molecule has 0 atom stereocenters. The van der Waals surface area contributed by atoms with Gasteiger partial charge in [0, 0.05) is 43.8 Å². The highest BCUT2D eigenvalue weighted by molar-refractivity contribution is 5.94. The van der Waals surface area contributed by atoms with Crippen LogP contribution in [0.5, 0.6) is 0 Å². The lowest BCUT2D eigenvalue weighted by Gasteiger charge is -2.08. The molecule has 22 heavy (non-hydrogen) atoms. The van der Waals surface area contributed by atoms with Crippen molar-refractivity contribution < 1.29 is 14.3 Å². The summed E-state index contributed by atoms with van der Waals surface area (Å²) in [6, 6.07) is 11.2. The molecule has 0 saturated heterocycles. The predicted molar refractivity (Wildman–Crippen MR) is 83.0 cm³/mol. The van der Waals surface area contributed by atoms with Crippen molar-refractivity contribution in [3.05, 3.63) is 54.4 Å². The third-order valence-electron chi connectivity index (χ3n) is 3.04. The van der Waals surface area contributed by atoms with Gasteiger partial charge in [0.25, 0.3) is 5.91 Å². The van der Waals surface area contributed by atoms with Crippen molar-refractivity contribution in [2.75, 3.05) is 26.8 Å². The fraction of sp³-hybridized carbons (Fsp3) is 0.250. The van der Waals surface area contributed by atoms with E-state index in [0.717, 1.165) is 5.69 Å². The minimum Gasteiger partial charge on any atom is -0.375 e. The van der Waals surface area contributed by atoms with E-state index in [0.29, 0.717) is 18.7 Å². The van der Waals surface area contributed by atoms with Crippen LogP contribution in [0.4, 0.5) is 0 Å². The van der Waals surface area contributed by atoms with Gasteiger partial charge in [0.2, 0.25) is 5.91 Å². The molecular weight excluding hydrogens is 282 g/mol. The van der Waals surface area contributed by atoms with Gasteiger partial charge >= 0.3 is 0 Å². The van der Waals surface area contributed by atoms with E-state index in [1.165, 1.54) is 7.11 Å². The summed E-state index contributed by atoms with van der Waals surface area (Å²) in [7, 11) is 1.46. The van der Waals surface area contributed by atoms with Gasteiger partial charge in [-0.3, -0.25) is 9.59 Å². The molecule has 0 bridgehead atoms. The molecule has 6 heteroatoms. The summed E-state index contributed by atoms with van der Waals surface area (Å²) in [6.07, 6.45) is 3.88. The Morgan fingerprint density at radius 2 is 1.68 bits per heavy atom. The number of rotatable bonds is 7. The first-order chi connectivity index (χ1) is 10.7. The van der Waals surface area contributed by atoms with E-state index in [1.807, 2.05) is 41.2 Å². The number of methoxy groups -OCH3 is 1. The summed E-state index contributed by atoms with van der Waals surface area (Å²) < 4.78 is 6.66. The lowest BCUT2D eigenvalue weighted by molar-refractivity contribution is -0.124. The van der Waals surface area contributed by atoms with Crippen molar-refractivity contribution >= 4 is 11.8 Å². The number of carbonyl (C=O) groups is 2. The number of nitrogens with zero attached hydrogens (tertiary/aromatic N) is 1. The Bertz CT molecular complexity index is 606.